The summed E-state index contributed by atoms with van der Waals surface area (Å²) in [6.07, 6.45) is 9.21. The van der Waals surface area contributed by atoms with E-state index in [0.29, 0.717) is 12.0 Å². The Morgan fingerprint density at radius 3 is 2.67 bits per heavy atom. The van der Waals surface area contributed by atoms with Crippen molar-refractivity contribution in [2.24, 2.45) is 5.92 Å². The zero-order valence-corrected chi connectivity index (χ0v) is 13.3. The molecular formula is C19H27NO. The van der Waals surface area contributed by atoms with Crippen LogP contribution in [-0.4, -0.2) is 23.2 Å². The van der Waals surface area contributed by atoms with Gasteiger partial charge in [0.2, 0.25) is 0 Å². The van der Waals surface area contributed by atoms with E-state index in [4.69, 9.17) is 0 Å². The lowest BCUT2D eigenvalue weighted by Crippen LogP contribution is -2.28. The van der Waals surface area contributed by atoms with Gasteiger partial charge in [-0.15, -0.1) is 0 Å². The number of aliphatic hydroxyl groups excluding tert-OH is 1. The van der Waals surface area contributed by atoms with Crippen LogP contribution in [0.25, 0.3) is 5.70 Å². The number of rotatable bonds is 3. The van der Waals surface area contributed by atoms with Gasteiger partial charge in [-0.25, -0.2) is 0 Å². The standard InChI is InChI=1S/C19H27NO/c1-3-17-15-11-7-8-12-16(15)18(20(17)2)13-19(21)14-9-5-4-6-10-14/h3,7-8,11-12,14,18-19,21H,4-6,9-10,13H2,1-2H3/b17-3-. The van der Waals surface area contributed by atoms with Crippen molar-refractivity contribution in [3.63, 3.8) is 0 Å². The molecule has 0 bridgehead atoms. The molecule has 0 aromatic heterocycles. The van der Waals surface area contributed by atoms with Gasteiger partial charge in [-0.2, -0.15) is 0 Å². The summed E-state index contributed by atoms with van der Waals surface area (Å²) in [4.78, 5) is 2.34. The topological polar surface area (TPSA) is 23.5 Å². The number of allylic oxidation sites excluding steroid dienone is 1. The zero-order chi connectivity index (χ0) is 14.8. The van der Waals surface area contributed by atoms with Crippen LogP contribution in [0.1, 0.15) is 62.6 Å². The molecule has 1 saturated carbocycles. The molecule has 1 heterocycles. The van der Waals surface area contributed by atoms with Crippen LogP contribution in [0.2, 0.25) is 0 Å². The summed E-state index contributed by atoms with van der Waals surface area (Å²) >= 11 is 0. The zero-order valence-electron chi connectivity index (χ0n) is 13.3. The van der Waals surface area contributed by atoms with Crippen LogP contribution in [0.5, 0.6) is 0 Å². The molecular weight excluding hydrogens is 258 g/mol. The Labute approximate surface area is 128 Å². The maximum atomic E-state index is 10.7. The fourth-order valence-corrected chi connectivity index (χ4v) is 4.17. The summed E-state index contributed by atoms with van der Waals surface area (Å²) in [5.74, 6) is 0.508. The lowest BCUT2D eigenvalue weighted by atomic mass is 9.82. The average molecular weight is 285 g/mol. The van der Waals surface area contributed by atoms with Crippen LogP contribution < -0.4 is 0 Å². The maximum absolute atomic E-state index is 10.7. The minimum absolute atomic E-state index is 0.165. The third kappa shape index (κ3) is 2.74. The fourth-order valence-electron chi connectivity index (χ4n) is 4.17. The van der Waals surface area contributed by atoms with Crippen LogP contribution >= 0.6 is 0 Å². The van der Waals surface area contributed by atoms with Crippen molar-refractivity contribution in [2.75, 3.05) is 7.05 Å². The first-order valence-electron chi connectivity index (χ1n) is 8.39. The monoisotopic (exact) mass is 285 g/mol. The second kappa shape index (κ2) is 6.23. The summed E-state index contributed by atoms with van der Waals surface area (Å²) in [7, 11) is 2.16. The Kier molecular flexibility index (Phi) is 4.34. The van der Waals surface area contributed by atoms with Crippen LogP contribution in [0, 0.1) is 5.92 Å². The Hall–Kier alpha value is -1.28. The van der Waals surface area contributed by atoms with Crippen molar-refractivity contribution in [1.82, 2.24) is 4.90 Å². The van der Waals surface area contributed by atoms with Gasteiger partial charge >= 0.3 is 0 Å². The molecule has 2 aliphatic rings. The highest BCUT2D eigenvalue weighted by atomic mass is 16.3. The number of hydrogen-bond acceptors (Lipinski definition) is 2. The number of nitrogens with zero attached hydrogens (tertiary/aromatic N) is 1. The lowest BCUT2D eigenvalue weighted by Gasteiger charge is -2.31. The van der Waals surface area contributed by atoms with Gasteiger partial charge < -0.3 is 10.0 Å². The Balaban J connectivity index is 1.79. The van der Waals surface area contributed by atoms with Gasteiger partial charge in [0.25, 0.3) is 0 Å². The van der Waals surface area contributed by atoms with Gasteiger partial charge in [-0.3, -0.25) is 0 Å². The molecule has 1 aromatic carbocycles. The summed E-state index contributed by atoms with van der Waals surface area (Å²) in [6, 6.07) is 8.97. The number of fused-ring (bicyclic) bond motifs is 1. The fraction of sp³-hybridized carbons (Fsp3) is 0.579. The molecule has 2 heteroatoms. The van der Waals surface area contributed by atoms with Crippen LogP contribution in [0.3, 0.4) is 0 Å². The van der Waals surface area contributed by atoms with Gasteiger partial charge in [0.05, 0.1) is 12.1 Å². The number of hydrogen-bond donors (Lipinski definition) is 1. The second-order valence-corrected chi connectivity index (χ2v) is 6.59. The maximum Gasteiger partial charge on any atom is 0.0591 e. The molecule has 2 nitrogen and oxygen atoms in total. The molecule has 1 fully saturated rings. The summed E-state index contributed by atoms with van der Waals surface area (Å²) in [6.45, 7) is 2.10. The van der Waals surface area contributed by atoms with E-state index in [0.717, 1.165) is 6.42 Å². The van der Waals surface area contributed by atoms with E-state index >= 15 is 0 Å². The Morgan fingerprint density at radius 2 is 1.95 bits per heavy atom. The highest BCUT2D eigenvalue weighted by Crippen LogP contribution is 2.43. The predicted octanol–water partition coefficient (Wildman–Crippen LogP) is 4.37. The normalized spacial score (nSPS) is 26.1. The molecule has 1 aliphatic heterocycles. The van der Waals surface area contributed by atoms with Gasteiger partial charge in [0, 0.05) is 18.3 Å². The van der Waals surface area contributed by atoms with Crippen LogP contribution in [0.15, 0.2) is 30.3 Å². The van der Waals surface area contributed by atoms with Crippen molar-refractivity contribution < 1.29 is 5.11 Å². The molecule has 21 heavy (non-hydrogen) atoms. The van der Waals surface area contributed by atoms with Gasteiger partial charge in [0.1, 0.15) is 0 Å². The van der Waals surface area contributed by atoms with E-state index in [9.17, 15) is 5.11 Å². The summed E-state index contributed by atoms with van der Waals surface area (Å²) in [5, 5.41) is 10.7. The molecule has 3 rings (SSSR count). The molecule has 0 radical (unpaired) electrons. The third-order valence-electron chi connectivity index (χ3n) is 5.38. The summed E-state index contributed by atoms with van der Waals surface area (Å²) < 4.78 is 0. The Morgan fingerprint density at radius 1 is 1.24 bits per heavy atom. The van der Waals surface area contributed by atoms with Crippen molar-refractivity contribution in [3.8, 4) is 0 Å². The van der Waals surface area contributed by atoms with E-state index in [1.165, 1.54) is 48.9 Å². The molecule has 2 unspecified atom stereocenters. The molecule has 114 valence electrons. The summed E-state index contributed by atoms with van der Waals surface area (Å²) in [5.41, 5.74) is 4.01. The van der Waals surface area contributed by atoms with Gasteiger partial charge in [-0.05, 0) is 37.7 Å². The first-order chi connectivity index (χ1) is 10.2. The first kappa shape index (κ1) is 14.6. The molecule has 0 spiro atoms. The van der Waals surface area contributed by atoms with E-state index in [1.54, 1.807) is 0 Å². The number of benzene rings is 1. The molecule has 1 aliphatic carbocycles. The molecule has 0 amide bonds. The van der Waals surface area contributed by atoms with Gasteiger partial charge in [0.15, 0.2) is 0 Å². The van der Waals surface area contributed by atoms with Crippen LogP contribution in [0.4, 0.5) is 0 Å². The van der Waals surface area contributed by atoms with Crippen molar-refractivity contribution in [1.29, 1.82) is 0 Å². The quantitative estimate of drug-likeness (QED) is 0.891. The van der Waals surface area contributed by atoms with E-state index in [1.807, 2.05) is 0 Å². The largest absolute Gasteiger partial charge is 0.393 e. The van der Waals surface area contributed by atoms with Crippen molar-refractivity contribution >= 4 is 5.70 Å². The second-order valence-electron chi connectivity index (χ2n) is 6.59. The minimum Gasteiger partial charge on any atom is -0.393 e. The SMILES string of the molecule is C/C=C1/c2ccccc2C(CC(O)C2CCCCC2)N1C. The third-order valence-corrected chi connectivity index (χ3v) is 5.38. The lowest BCUT2D eigenvalue weighted by molar-refractivity contribution is 0.0594. The Bertz CT molecular complexity index is 516. The molecule has 2 atom stereocenters. The highest BCUT2D eigenvalue weighted by molar-refractivity contribution is 5.71. The predicted molar refractivity (Wildman–Crippen MR) is 87.8 cm³/mol. The van der Waals surface area contributed by atoms with E-state index < -0.39 is 0 Å². The van der Waals surface area contributed by atoms with Crippen molar-refractivity contribution in [3.05, 3.63) is 41.5 Å². The molecule has 1 aromatic rings. The van der Waals surface area contributed by atoms with Crippen LogP contribution in [-0.2, 0) is 0 Å². The molecule has 1 N–H and O–H groups in total. The van der Waals surface area contributed by atoms with E-state index in [-0.39, 0.29) is 6.10 Å². The van der Waals surface area contributed by atoms with E-state index in [2.05, 4.69) is 49.2 Å². The minimum atomic E-state index is -0.165. The number of aliphatic hydroxyl groups is 1. The average Bonchev–Trinajstić information content (AvgIpc) is 2.80. The van der Waals surface area contributed by atoms with Crippen molar-refractivity contribution in [2.45, 2.75) is 57.6 Å². The highest BCUT2D eigenvalue weighted by Gasteiger charge is 2.34. The first-order valence-corrected chi connectivity index (χ1v) is 8.39. The smallest absolute Gasteiger partial charge is 0.0591 e. The molecule has 0 saturated heterocycles. The van der Waals surface area contributed by atoms with Gasteiger partial charge in [-0.1, -0.05) is 49.6 Å².